The van der Waals surface area contributed by atoms with Crippen LogP contribution in [-0.2, 0) is 13.1 Å². The first-order valence-electron chi connectivity index (χ1n) is 8.48. The highest BCUT2D eigenvalue weighted by atomic mass is 19.4. The number of hydrogen-bond donors (Lipinski definition) is 0. The molecule has 3 aromatic rings. The molecule has 5 heteroatoms. The Kier molecular flexibility index (Phi) is 5.60. The van der Waals surface area contributed by atoms with Crippen molar-refractivity contribution in [2.75, 3.05) is 4.90 Å². The van der Waals surface area contributed by atoms with Gasteiger partial charge in [0, 0.05) is 24.3 Å². The standard InChI is InChI=1S/C22H18F3NO/c23-22(24,25)21(27)19-11-13-20(14-12-19)26(15-17-7-3-1-4-8-17)16-18-9-5-2-6-10-18/h1-14H,15-16H2. The number of alkyl halides is 3. The van der Waals surface area contributed by atoms with Gasteiger partial charge in [0.15, 0.2) is 0 Å². The van der Waals surface area contributed by atoms with Gasteiger partial charge in [0.25, 0.3) is 5.78 Å². The van der Waals surface area contributed by atoms with Crippen LogP contribution in [0.15, 0.2) is 84.9 Å². The van der Waals surface area contributed by atoms with E-state index in [1.54, 1.807) is 12.1 Å². The first-order chi connectivity index (χ1) is 12.9. The molecule has 0 unspecified atom stereocenters. The van der Waals surface area contributed by atoms with Crippen molar-refractivity contribution >= 4 is 11.5 Å². The van der Waals surface area contributed by atoms with Crippen LogP contribution < -0.4 is 4.90 Å². The van der Waals surface area contributed by atoms with Gasteiger partial charge in [-0.15, -0.1) is 0 Å². The Hall–Kier alpha value is -3.08. The lowest BCUT2D eigenvalue weighted by molar-refractivity contribution is -0.0885. The average molecular weight is 369 g/mol. The van der Waals surface area contributed by atoms with Crippen molar-refractivity contribution in [2.24, 2.45) is 0 Å². The summed E-state index contributed by atoms with van der Waals surface area (Å²) < 4.78 is 37.8. The molecule has 0 aliphatic heterocycles. The molecule has 0 aliphatic carbocycles. The van der Waals surface area contributed by atoms with Gasteiger partial charge in [-0.1, -0.05) is 60.7 Å². The summed E-state index contributed by atoms with van der Waals surface area (Å²) in [5.74, 6) is -1.83. The number of ketones is 1. The molecule has 0 spiro atoms. The molecule has 0 radical (unpaired) electrons. The minimum atomic E-state index is -4.87. The van der Waals surface area contributed by atoms with Gasteiger partial charge < -0.3 is 4.90 Å². The largest absolute Gasteiger partial charge is 0.454 e. The maximum Gasteiger partial charge on any atom is 0.454 e. The van der Waals surface area contributed by atoms with Crippen LogP contribution in [0.4, 0.5) is 18.9 Å². The summed E-state index contributed by atoms with van der Waals surface area (Å²) in [6.07, 6.45) is -4.87. The van der Waals surface area contributed by atoms with Gasteiger partial charge in [-0.2, -0.15) is 13.2 Å². The summed E-state index contributed by atoms with van der Waals surface area (Å²) >= 11 is 0. The number of anilines is 1. The fourth-order valence-corrected chi connectivity index (χ4v) is 2.83. The van der Waals surface area contributed by atoms with Crippen LogP contribution in [0, 0.1) is 0 Å². The molecule has 0 aliphatic rings. The van der Waals surface area contributed by atoms with Gasteiger partial charge in [0.05, 0.1) is 0 Å². The number of carbonyl (C=O) groups is 1. The van der Waals surface area contributed by atoms with Crippen LogP contribution >= 0.6 is 0 Å². The minimum Gasteiger partial charge on any atom is -0.363 e. The summed E-state index contributed by atoms with van der Waals surface area (Å²) in [7, 11) is 0. The molecule has 3 rings (SSSR count). The second-order valence-corrected chi connectivity index (χ2v) is 6.20. The van der Waals surface area contributed by atoms with Crippen molar-refractivity contribution < 1.29 is 18.0 Å². The van der Waals surface area contributed by atoms with Gasteiger partial charge in [-0.05, 0) is 35.4 Å². The third kappa shape index (κ3) is 4.97. The maximum absolute atomic E-state index is 12.6. The molecule has 0 saturated heterocycles. The van der Waals surface area contributed by atoms with Crippen LogP contribution in [0.25, 0.3) is 0 Å². The zero-order chi connectivity index (χ0) is 19.3. The minimum absolute atomic E-state index is 0.356. The van der Waals surface area contributed by atoms with Crippen LogP contribution in [-0.4, -0.2) is 12.0 Å². The molecule has 0 N–H and O–H groups in total. The molecule has 3 aromatic carbocycles. The number of rotatable bonds is 6. The third-order valence-corrected chi connectivity index (χ3v) is 4.18. The van der Waals surface area contributed by atoms with Crippen LogP contribution in [0.1, 0.15) is 21.5 Å². The van der Waals surface area contributed by atoms with Gasteiger partial charge in [0.1, 0.15) is 0 Å². The molecule has 0 bridgehead atoms. The highest BCUT2D eigenvalue weighted by Gasteiger charge is 2.39. The van der Waals surface area contributed by atoms with Gasteiger partial charge >= 0.3 is 6.18 Å². The van der Waals surface area contributed by atoms with E-state index in [9.17, 15) is 18.0 Å². The van der Waals surface area contributed by atoms with Crippen LogP contribution in [0.2, 0.25) is 0 Å². The highest BCUT2D eigenvalue weighted by molar-refractivity contribution is 6.00. The number of Topliss-reactive ketones (excluding diaryl/α,β-unsaturated/α-hetero) is 1. The van der Waals surface area contributed by atoms with E-state index >= 15 is 0 Å². The molecular formula is C22H18F3NO. The molecule has 0 amide bonds. The number of halogens is 3. The molecule has 0 aromatic heterocycles. The van der Waals surface area contributed by atoms with Crippen LogP contribution in [0.5, 0.6) is 0 Å². The van der Waals surface area contributed by atoms with Crippen molar-refractivity contribution in [1.82, 2.24) is 0 Å². The SMILES string of the molecule is O=C(c1ccc(N(Cc2ccccc2)Cc2ccccc2)cc1)C(F)(F)F. The Morgan fingerprint density at radius 3 is 1.56 bits per heavy atom. The summed E-state index contributed by atoms with van der Waals surface area (Å²) in [5.41, 5.74) is 2.57. The highest BCUT2D eigenvalue weighted by Crippen LogP contribution is 2.25. The lowest BCUT2D eigenvalue weighted by Crippen LogP contribution is -2.24. The Labute approximate surface area is 155 Å². The molecule has 0 heterocycles. The fourth-order valence-electron chi connectivity index (χ4n) is 2.83. The molecule has 0 fully saturated rings. The first kappa shape index (κ1) is 18.7. The quantitative estimate of drug-likeness (QED) is 0.524. The van der Waals surface area contributed by atoms with E-state index in [1.807, 2.05) is 60.7 Å². The smallest absolute Gasteiger partial charge is 0.363 e. The Balaban J connectivity index is 1.86. The predicted octanol–water partition coefficient (Wildman–Crippen LogP) is 5.64. The van der Waals surface area contributed by atoms with Crippen molar-refractivity contribution in [1.29, 1.82) is 0 Å². The monoisotopic (exact) mass is 369 g/mol. The van der Waals surface area contributed by atoms with E-state index in [0.717, 1.165) is 16.8 Å². The first-order valence-corrected chi connectivity index (χ1v) is 8.48. The zero-order valence-corrected chi connectivity index (χ0v) is 14.5. The van der Waals surface area contributed by atoms with Crippen molar-refractivity contribution in [3.05, 3.63) is 102 Å². The Morgan fingerprint density at radius 1 is 0.704 bits per heavy atom. The number of carbonyl (C=O) groups excluding carboxylic acids is 1. The van der Waals surface area contributed by atoms with E-state index < -0.39 is 12.0 Å². The van der Waals surface area contributed by atoms with Crippen molar-refractivity contribution in [2.45, 2.75) is 19.3 Å². The summed E-state index contributed by atoms with van der Waals surface area (Å²) in [6.45, 7) is 1.20. The van der Waals surface area contributed by atoms with Crippen molar-refractivity contribution in [3.63, 3.8) is 0 Å². The number of hydrogen-bond acceptors (Lipinski definition) is 2. The van der Waals surface area contributed by atoms with E-state index in [-0.39, 0.29) is 5.56 Å². The van der Waals surface area contributed by atoms with E-state index in [0.29, 0.717) is 13.1 Å². The lowest BCUT2D eigenvalue weighted by Gasteiger charge is -2.25. The van der Waals surface area contributed by atoms with Gasteiger partial charge in [-0.3, -0.25) is 4.79 Å². The Morgan fingerprint density at radius 2 is 1.15 bits per heavy atom. The topological polar surface area (TPSA) is 20.3 Å². The fraction of sp³-hybridized carbons (Fsp3) is 0.136. The Bertz CT molecular complexity index is 833. The number of nitrogens with zero attached hydrogens (tertiary/aromatic N) is 1. The average Bonchev–Trinajstić information content (AvgIpc) is 2.68. The second kappa shape index (κ2) is 8.08. The zero-order valence-electron chi connectivity index (χ0n) is 14.5. The second-order valence-electron chi connectivity index (χ2n) is 6.20. The van der Waals surface area contributed by atoms with Crippen molar-refractivity contribution in [3.8, 4) is 0 Å². The van der Waals surface area contributed by atoms with Gasteiger partial charge in [-0.25, -0.2) is 0 Å². The third-order valence-electron chi connectivity index (χ3n) is 4.18. The molecular weight excluding hydrogens is 351 g/mol. The molecule has 0 saturated carbocycles. The summed E-state index contributed by atoms with van der Waals surface area (Å²) in [5, 5.41) is 0. The van der Waals surface area contributed by atoms with Gasteiger partial charge in [0.2, 0.25) is 0 Å². The molecule has 2 nitrogen and oxygen atoms in total. The lowest BCUT2D eigenvalue weighted by atomic mass is 10.1. The van der Waals surface area contributed by atoms with E-state index in [1.165, 1.54) is 12.1 Å². The molecule has 138 valence electrons. The maximum atomic E-state index is 12.6. The molecule has 0 atom stereocenters. The summed E-state index contributed by atoms with van der Waals surface area (Å²) in [6, 6.07) is 25.2. The predicted molar refractivity (Wildman–Crippen MR) is 99.6 cm³/mol. The normalized spacial score (nSPS) is 11.2. The number of benzene rings is 3. The van der Waals surface area contributed by atoms with E-state index in [4.69, 9.17) is 0 Å². The summed E-state index contributed by atoms with van der Waals surface area (Å²) in [4.78, 5) is 13.5. The molecule has 27 heavy (non-hydrogen) atoms. The van der Waals surface area contributed by atoms with E-state index in [2.05, 4.69) is 4.90 Å². The van der Waals surface area contributed by atoms with Crippen LogP contribution in [0.3, 0.4) is 0 Å².